The lowest BCUT2D eigenvalue weighted by atomic mass is 10.1. The molecule has 2 aromatic heterocycles. The zero-order chi connectivity index (χ0) is 15.5. The zero-order valence-electron chi connectivity index (χ0n) is 12.8. The number of aromatic nitrogens is 2. The van der Waals surface area contributed by atoms with Gasteiger partial charge in [-0.2, -0.15) is 0 Å². The summed E-state index contributed by atoms with van der Waals surface area (Å²) in [4.78, 5) is 30.6. The minimum Gasteiger partial charge on any atom is -0.352 e. The number of fused-ring (bicyclic) bond motifs is 1. The topological polar surface area (TPSA) is 64.0 Å². The molecule has 5 nitrogen and oxygen atoms in total. The van der Waals surface area contributed by atoms with Crippen LogP contribution in [-0.2, 0) is 11.3 Å². The van der Waals surface area contributed by atoms with Crippen LogP contribution in [0.5, 0.6) is 0 Å². The number of aryl methyl sites for hydroxylation is 1. The van der Waals surface area contributed by atoms with Gasteiger partial charge in [-0.05, 0) is 25.8 Å². The Bertz CT molecular complexity index is 727. The maximum Gasteiger partial charge on any atom is 0.262 e. The minimum atomic E-state index is -0.134. The van der Waals surface area contributed by atoms with E-state index in [9.17, 15) is 9.59 Å². The molecule has 0 radical (unpaired) electrons. The first kappa shape index (κ1) is 15.2. The van der Waals surface area contributed by atoms with Crippen LogP contribution in [0.4, 0.5) is 0 Å². The molecule has 0 atom stereocenters. The van der Waals surface area contributed by atoms with E-state index in [1.165, 1.54) is 47.9 Å². The van der Waals surface area contributed by atoms with E-state index in [4.69, 9.17) is 0 Å². The molecule has 1 N–H and O–H groups in total. The normalized spacial score (nSPS) is 16.6. The highest BCUT2D eigenvalue weighted by Gasteiger charge is 2.16. The van der Waals surface area contributed by atoms with Crippen molar-refractivity contribution < 1.29 is 4.79 Å². The first-order chi connectivity index (χ1) is 10.6. The third-order valence-electron chi connectivity index (χ3n) is 4.18. The predicted octanol–water partition coefficient (Wildman–Crippen LogP) is 2.61. The van der Waals surface area contributed by atoms with Gasteiger partial charge in [0.2, 0.25) is 5.91 Å². The third-order valence-corrected chi connectivity index (χ3v) is 5.13. The molecule has 0 spiro atoms. The zero-order valence-corrected chi connectivity index (χ0v) is 13.6. The van der Waals surface area contributed by atoms with E-state index in [1.54, 1.807) is 0 Å². The molecule has 0 aliphatic heterocycles. The van der Waals surface area contributed by atoms with Gasteiger partial charge in [0, 0.05) is 10.9 Å². The fraction of sp³-hybridized carbons (Fsp3) is 0.562. The van der Waals surface area contributed by atoms with Crippen LogP contribution < -0.4 is 10.9 Å². The fourth-order valence-electron chi connectivity index (χ4n) is 3.04. The molecule has 2 heterocycles. The van der Waals surface area contributed by atoms with Gasteiger partial charge in [0.05, 0.1) is 11.7 Å². The number of amides is 1. The monoisotopic (exact) mass is 319 g/mol. The van der Waals surface area contributed by atoms with Crippen molar-refractivity contribution in [3.8, 4) is 0 Å². The number of carbonyl (C=O) groups excluding carboxylic acids is 1. The SMILES string of the molecule is Cc1cc2c(=O)n(CC(=O)NC3CCCCCC3)cnc2s1. The molecule has 118 valence electrons. The van der Waals surface area contributed by atoms with Gasteiger partial charge >= 0.3 is 0 Å². The summed E-state index contributed by atoms with van der Waals surface area (Å²) in [6, 6.07) is 2.10. The van der Waals surface area contributed by atoms with Crippen molar-refractivity contribution in [1.29, 1.82) is 0 Å². The molecule has 0 unspecified atom stereocenters. The Kier molecular flexibility index (Phi) is 4.57. The number of thiophene rings is 1. The molecule has 3 rings (SSSR count). The molecule has 1 aliphatic carbocycles. The van der Waals surface area contributed by atoms with Gasteiger partial charge in [-0.1, -0.05) is 25.7 Å². The maximum atomic E-state index is 12.4. The van der Waals surface area contributed by atoms with Crippen LogP contribution >= 0.6 is 11.3 Å². The average Bonchev–Trinajstić information content (AvgIpc) is 2.69. The minimum absolute atomic E-state index is 0.0488. The second-order valence-corrected chi connectivity index (χ2v) is 7.24. The van der Waals surface area contributed by atoms with Crippen LogP contribution in [0.3, 0.4) is 0 Å². The Hall–Kier alpha value is -1.69. The van der Waals surface area contributed by atoms with Crippen molar-refractivity contribution in [2.45, 2.75) is 58.0 Å². The Morgan fingerprint density at radius 3 is 2.82 bits per heavy atom. The number of nitrogens with one attached hydrogen (secondary N) is 1. The molecule has 22 heavy (non-hydrogen) atoms. The quantitative estimate of drug-likeness (QED) is 0.885. The molecular weight excluding hydrogens is 298 g/mol. The van der Waals surface area contributed by atoms with Crippen LogP contribution in [0.25, 0.3) is 10.2 Å². The predicted molar refractivity (Wildman–Crippen MR) is 88.2 cm³/mol. The fourth-order valence-corrected chi connectivity index (χ4v) is 3.88. The molecule has 1 aliphatic rings. The summed E-state index contributed by atoms with van der Waals surface area (Å²) in [6.45, 7) is 2.00. The first-order valence-electron chi connectivity index (χ1n) is 7.88. The maximum absolute atomic E-state index is 12.4. The van der Waals surface area contributed by atoms with Gasteiger partial charge in [0.25, 0.3) is 5.56 Å². The van der Waals surface area contributed by atoms with Crippen LogP contribution in [0.1, 0.15) is 43.4 Å². The summed E-state index contributed by atoms with van der Waals surface area (Å²) in [5, 5.41) is 3.67. The van der Waals surface area contributed by atoms with Crippen molar-refractivity contribution in [3.05, 3.63) is 27.6 Å². The molecule has 6 heteroatoms. The van der Waals surface area contributed by atoms with Gasteiger partial charge < -0.3 is 5.32 Å². The Morgan fingerprint density at radius 1 is 1.36 bits per heavy atom. The second kappa shape index (κ2) is 6.60. The largest absolute Gasteiger partial charge is 0.352 e. The van der Waals surface area contributed by atoms with E-state index >= 15 is 0 Å². The molecule has 1 fully saturated rings. The van der Waals surface area contributed by atoms with Crippen molar-refractivity contribution in [2.75, 3.05) is 0 Å². The Morgan fingerprint density at radius 2 is 2.09 bits per heavy atom. The Labute approximate surface area is 133 Å². The molecular formula is C16H21N3O2S. The lowest BCUT2D eigenvalue weighted by Gasteiger charge is -2.16. The Balaban J connectivity index is 1.70. The lowest BCUT2D eigenvalue weighted by molar-refractivity contribution is -0.122. The van der Waals surface area contributed by atoms with E-state index in [2.05, 4.69) is 10.3 Å². The molecule has 1 amide bonds. The molecule has 0 bridgehead atoms. The summed E-state index contributed by atoms with van der Waals surface area (Å²) < 4.78 is 1.40. The van der Waals surface area contributed by atoms with Crippen LogP contribution in [0.15, 0.2) is 17.2 Å². The van der Waals surface area contributed by atoms with E-state index in [-0.39, 0.29) is 24.1 Å². The molecule has 1 saturated carbocycles. The third kappa shape index (κ3) is 3.38. The summed E-state index contributed by atoms with van der Waals surface area (Å²) in [6.07, 6.45) is 8.42. The highest BCUT2D eigenvalue weighted by atomic mass is 32.1. The number of rotatable bonds is 3. The van der Waals surface area contributed by atoms with E-state index < -0.39 is 0 Å². The molecule has 2 aromatic rings. The van der Waals surface area contributed by atoms with E-state index in [0.717, 1.165) is 22.5 Å². The van der Waals surface area contributed by atoms with Crippen molar-refractivity contribution in [3.63, 3.8) is 0 Å². The smallest absolute Gasteiger partial charge is 0.262 e. The van der Waals surface area contributed by atoms with E-state index in [1.807, 2.05) is 13.0 Å². The van der Waals surface area contributed by atoms with E-state index in [0.29, 0.717) is 5.39 Å². The van der Waals surface area contributed by atoms with Gasteiger partial charge in [-0.3, -0.25) is 14.2 Å². The lowest BCUT2D eigenvalue weighted by Crippen LogP contribution is -2.38. The number of hydrogen-bond acceptors (Lipinski definition) is 4. The van der Waals surface area contributed by atoms with Gasteiger partial charge in [-0.15, -0.1) is 11.3 Å². The standard InChI is InChI=1S/C16H21N3O2S/c1-11-8-13-15(22-11)17-10-19(16(13)21)9-14(20)18-12-6-4-2-3-5-7-12/h8,10,12H,2-7,9H2,1H3,(H,18,20). The van der Waals surface area contributed by atoms with Crippen LogP contribution in [0, 0.1) is 6.92 Å². The number of carbonyl (C=O) groups is 1. The summed E-state index contributed by atoms with van der Waals surface area (Å²) in [5.74, 6) is -0.0953. The highest BCUT2D eigenvalue weighted by molar-refractivity contribution is 7.18. The van der Waals surface area contributed by atoms with Gasteiger partial charge in [-0.25, -0.2) is 4.98 Å². The van der Waals surface area contributed by atoms with Crippen molar-refractivity contribution >= 4 is 27.5 Å². The summed E-state index contributed by atoms with van der Waals surface area (Å²) in [5.41, 5.74) is -0.134. The highest BCUT2D eigenvalue weighted by Crippen LogP contribution is 2.19. The van der Waals surface area contributed by atoms with Crippen molar-refractivity contribution in [1.82, 2.24) is 14.9 Å². The number of hydrogen-bond donors (Lipinski definition) is 1. The first-order valence-corrected chi connectivity index (χ1v) is 8.70. The average molecular weight is 319 g/mol. The summed E-state index contributed by atoms with van der Waals surface area (Å²) >= 11 is 1.50. The van der Waals surface area contributed by atoms with Crippen LogP contribution in [-0.4, -0.2) is 21.5 Å². The molecule has 0 aromatic carbocycles. The van der Waals surface area contributed by atoms with Crippen molar-refractivity contribution in [2.24, 2.45) is 0 Å². The summed E-state index contributed by atoms with van der Waals surface area (Å²) in [7, 11) is 0. The van der Waals surface area contributed by atoms with Crippen LogP contribution in [0.2, 0.25) is 0 Å². The molecule has 0 saturated heterocycles. The number of nitrogens with zero attached hydrogens (tertiary/aromatic N) is 2. The van der Waals surface area contributed by atoms with Gasteiger partial charge in [0.15, 0.2) is 0 Å². The second-order valence-electron chi connectivity index (χ2n) is 6.01. The van der Waals surface area contributed by atoms with Gasteiger partial charge in [0.1, 0.15) is 11.4 Å².